The summed E-state index contributed by atoms with van der Waals surface area (Å²) in [5.74, 6) is 0.676. The van der Waals surface area contributed by atoms with Crippen molar-refractivity contribution >= 4 is 27.5 Å². The van der Waals surface area contributed by atoms with E-state index in [2.05, 4.69) is 31.0 Å². The van der Waals surface area contributed by atoms with Crippen LogP contribution in [-0.4, -0.2) is 17.6 Å². The second kappa shape index (κ2) is 7.23. The number of rotatable bonds is 4. The van der Waals surface area contributed by atoms with Crippen molar-refractivity contribution in [1.82, 2.24) is 4.57 Å². The molecule has 0 spiro atoms. The first-order valence-electron chi connectivity index (χ1n) is 8.33. The molecule has 0 saturated heterocycles. The van der Waals surface area contributed by atoms with E-state index in [-0.39, 0.29) is 5.91 Å². The third-order valence-corrected chi connectivity index (χ3v) is 5.39. The standard InChI is InChI=1S/C20H22N2O2S/c1-5-22-19-16(24-4)7-6-8-17(19)25-20(22)21-18(23)12-15-10-9-13(2)14(3)11-15/h6-11H,5,12H2,1-4H3. The SMILES string of the molecule is CCn1c(=NC(=O)Cc2ccc(C)c(C)c2)sc2cccc(OC)c21. The van der Waals surface area contributed by atoms with Crippen LogP contribution in [0.5, 0.6) is 5.75 Å². The van der Waals surface area contributed by atoms with Crippen LogP contribution in [-0.2, 0) is 17.8 Å². The number of hydrogen-bond donors (Lipinski definition) is 0. The summed E-state index contributed by atoms with van der Waals surface area (Å²) in [6, 6.07) is 12.0. The molecule has 25 heavy (non-hydrogen) atoms. The van der Waals surface area contributed by atoms with Gasteiger partial charge in [0, 0.05) is 6.54 Å². The van der Waals surface area contributed by atoms with Crippen molar-refractivity contribution in [3.63, 3.8) is 0 Å². The quantitative estimate of drug-likeness (QED) is 0.710. The van der Waals surface area contributed by atoms with Crippen molar-refractivity contribution in [2.24, 2.45) is 4.99 Å². The van der Waals surface area contributed by atoms with Gasteiger partial charge in [-0.25, -0.2) is 0 Å². The number of benzene rings is 2. The number of aryl methyl sites for hydroxylation is 3. The first-order valence-corrected chi connectivity index (χ1v) is 9.15. The van der Waals surface area contributed by atoms with E-state index >= 15 is 0 Å². The molecular weight excluding hydrogens is 332 g/mol. The van der Waals surface area contributed by atoms with E-state index < -0.39 is 0 Å². The summed E-state index contributed by atoms with van der Waals surface area (Å²) in [7, 11) is 1.66. The molecule has 2 aromatic carbocycles. The molecule has 0 bridgehead atoms. The molecule has 0 atom stereocenters. The molecule has 3 aromatic rings. The first-order chi connectivity index (χ1) is 12.0. The van der Waals surface area contributed by atoms with E-state index in [1.807, 2.05) is 35.8 Å². The number of hydrogen-bond acceptors (Lipinski definition) is 3. The van der Waals surface area contributed by atoms with E-state index in [1.54, 1.807) is 7.11 Å². The number of para-hydroxylation sites is 1. The van der Waals surface area contributed by atoms with Gasteiger partial charge in [0.05, 0.1) is 18.2 Å². The molecule has 0 fully saturated rings. The highest BCUT2D eigenvalue weighted by molar-refractivity contribution is 7.16. The summed E-state index contributed by atoms with van der Waals surface area (Å²) in [6.45, 7) is 6.91. The Kier molecular flexibility index (Phi) is 5.04. The van der Waals surface area contributed by atoms with Gasteiger partial charge in [0.15, 0.2) is 4.80 Å². The predicted octanol–water partition coefficient (Wildman–Crippen LogP) is 4.02. The summed E-state index contributed by atoms with van der Waals surface area (Å²) in [5, 5.41) is 0. The fourth-order valence-corrected chi connectivity index (χ4v) is 4.00. The molecule has 0 unspecified atom stereocenters. The van der Waals surface area contributed by atoms with Gasteiger partial charge in [-0.05, 0) is 49.6 Å². The fraction of sp³-hybridized carbons (Fsp3) is 0.300. The van der Waals surface area contributed by atoms with Gasteiger partial charge < -0.3 is 9.30 Å². The number of thiazole rings is 1. The lowest BCUT2D eigenvalue weighted by atomic mass is 10.0. The van der Waals surface area contributed by atoms with Crippen molar-refractivity contribution in [2.45, 2.75) is 33.7 Å². The molecule has 0 radical (unpaired) electrons. The Morgan fingerprint density at radius 1 is 1.20 bits per heavy atom. The van der Waals surface area contributed by atoms with E-state index in [0.717, 1.165) is 32.9 Å². The second-order valence-corrected chi connectivity index (χ2v) is 7.05. The molecule has 0 aliphatic rings. The summed E-state index contributed by atoms with van der Waals surface area (Å²) < 4.78 is 8.57. The van der Waals surface area contributed by atoms with Crippen LogP contribution in [0.3, 0.4) is 0 Å². The number of methoxy groups -OCH3 is 1. The smallest absolute Gasteiger partial charge is 0.252 e. The van der Waals surface area contributed by atoms with Crippen molar-refractivity contribution in [3.8, 4) is 5.75 Å². The fourth-order valence-electron chi connectivity index (χ4n) is 2.88. The first kappa shape index (κ1) is 17.4. The lowest BCUT2D eigenvalue weighted by Gasteiger charge is -2.05. The molecule has 4 nitrogen and oxygen atoms in total. The molecule has 3 rings (SSSR count). The van der Waals surface area contributed by atoms with Crippen LogP contribution in [0.15, 0.2) is 41.4 Å². The van der Waals surface area contributed by atoms with Crippen LogP contribution in [0.1, 0.15) is 23.6 Å². The number of ether oxygens (including phenoxy) is 1. The van der Waals surface area contributed by atoms with Gasteiger partial charge >= 0.3 is 0 Å². The molecule has 1 aromatic heterocycles. The highest BCUT2D eigenvalue weighted by Crippen LogP contribution is 2.27. The minimum absolute atomic E-state index is 0.129. The summed E-state index contributed by atoms with van der Waals surface area (Å²) in [6.07, 6.45) is 0.316. The Morgan fingerprint density at radius 3 is 2.68 bits per heavy atom. The number of carbonyl (C=O) groups excluding carboxylic acids is 1. The average Bonchev–Trinajstić information content (AvgIpc) is 2.94. The summed E-state index contributed by atoms with van der Waals surface area (Å²) >= 11 is 1.52. The van der Waals surface area contributed by atoms with Gasteiger partial charge in [0.1, 0.15) is 11.3 Å². The molecule has 5 heteroatoms. The van der Waals surface area contributed by atoms with Gasteiger partial charge in [-0.15, -0.1) is 0 Å². The number of amides is 1. The molecule has 130 valence electrons. The zero-order valence-electron chi connectivity index (χ0n) is 15.0. The van der Waals surface area contributed by atoms with Crippen LogP contribution in [0.25, 0.3) is 10.2 Å². The van der Waals surface area contributed by atoms with E-state index in [9.17, 15) is 4.79 Å². The normalized spacial score (nSPS) is 11.9. The summed E-state index contributed by atoms with van der Waals surface area (Å²) in [4.78, 5) is 17.6. The monoisotopic (exact) mass is 354 g/mol. The van der Waals surface area contributed by atoms with Crippen molar-refractivity contribution in [2.75, 3.05) is 7.11 Å². The third-order valence-electron chi connectivity index (χ3n) is 4.35. The van der Waals surface area contributed by atoms with Crippen LogP contribution >= 0.6 is 11.3 Å². The van der Waals surface area contributed by atoms with Gasteiger partial charge in [-0.3, -0.25) is 4.79 Å². The average molecular weight is 354 g/mol. The Bertz CT molecular complexity index is 999. The van der Waals surface area contributed by atoms with E-state index in [0.29, 0.717) is 6.42 Å². The largest absolute Gasteiger partial charge is 0.495 e. The molecule has 1 amide bonds. The van der Waals surface area contributed by atoms with Gasteiger partial charge in [0.2, 0.25) is 0 Å². The minimum atomic E-state index is -0.129. The molecule has 0 aliphatic heterocycles. The van der Waals surface area contributed by atoms with Crippen molar-refractivity contribution in [3.05, 3.63) is 57.9 Å². The maximum Gasteiger partial charge on any atom is 0.252 e. The topological polar surface area (TPSA) is 43.6 Å². The Balaban J connectivity index is 2.00. The lowest BCUT2D eigenvalue weighted by Crippen LogP contribution is -2.16. The van der Waals surface area contributed by atoms with Gasteiger partial charge in [0.25, 0.3) is 5.91 Å². The van der Waals surface area contributed by atoms with Gasteiger partial charge in [-0.1, -0.05) is 35.6 Å². The zero-order valence-corrected chi connectivity index (χ0v) is 15.8. The second-order valence-electron chi connectivity index (χ2n) is 6.04. The van der Waals surface area contributed by atoms with Crippen LogP contribution in [0.4, 0.5) is 0 Å². The molecule has 0 N–H and O–H groups in total. The Morgan fingerprint density at radius 2 is 2.00 bits per heavy atom. The van der Waals surface area contributed by atoms with Gasteiger partial charge in [-0.2, -0.15) is 4.99 Å². The zero-order chi connectivity index (χ0) is 18.0. The Hall–Kier alpha value is -2.40. The summed E-state index contributed by atoms with van der Waals surface area (Å²) in [5.41, 5.74) is 4.42. The highest BCUT2D eigenvalue weighted by Gasteiger charge is 2.11. The molecule has 0 aliphatic carbocycles. The van der Waals surface area contributed by atoms with E-state index in [4.69, 9.17) is 4.74 Å². The number of aromatic nitrogens is 1. The lowest BCUT2D eigenvalue weighted by molar-refractivity contribution is -0.117. The highest BCUT2D eigenvalue weighted by atomic mass is 32.1. The van der Waals surface area contributed by atoms with Crippen LogP contribution < -0.4 is 9.54 Å². The predicted molar refractivity (Wildman–Crippen MR) is 102 cm³/mol. The number of carbonyl (C=O) groups is 1. The Labute approximate surface area is 151 Å². The molecular formula is C20H22N2O2S. The van der Waals surface area contributed by atoms with Crippen molar-refractivity contribution in [1.29, 1.82) is 0 Å². The van der Waals surface area contributed by atoms with Crippen LogP contribution in [0.2, 0.25) is 0 Å². The molecule has 1 heterocycles. The van der Waals surface area contributed by atoms with Crippen molar-refractivity contribution < 1.29 is 9.53 Å². The van der Waals surface area contributed by atoms with E-state index in [1.165, 1.54) is 22.5 Å². The maximum atomic E-state index is 12.5. The maximum absolute atomic E-state index is 12.5. The molecule has 0 saturated carbocycles. The number of fused-ring (bicyclic) bond motifs is 1. The minimum Gasteiger partial charge on any atom is -0.495 e. The third kappa shape index (κ3) is 3.51. The number of nitrogens with zero attached hydrogens (tertiary/aromatic N) is 2. The van der Waals surface area contributed by atoms with Crippen LogP contribution in [0, 0.1) is 13.8 Å².